The summed E-state index contributed by atoms with van der Waals surface area (Å²) in [6.45, 7) is 0. The fraction of sp³-hybridized carbons (Fsp3) is 0.267. The average Bonchev–Trinajstić information content (AvgIpc) is 2.62. The number of nitrogens with two attached hydrogens (primary N) is 1. The van der Waals surface area contributed by atoms with Gasteiger partial charge >= 0.3 is 5.97 Å². The highest BCUT2D eigenvalue weighted by molar-refractivity contribution is 8.00. The van der Waals surface area contributed by atoms with Crippen LogP contribution in [0.4, 0.5) is 5.82 Å². The molecule has 2 amide bonds. The molecule has 2 aliphatic heterocycles. The van der Waals surface area contributed by atoms with Crippen molar-refractivity contribution < 1.29 is 24.3 Å². The van der Waals surface area contributed by atoms with E-state index >= 15 is 0 Å². The quantitative estimate of drug-likeness (QED) is 0.349. The molecular formula is C15H15N5O5S. The predicted molar refractivity (Wildman–Crippen MR) is 92.9 cm³/mol. The highest BCUT2D eigenvalue weighted by Crippen LogP contribution is 2.37. The van der Waals surface area contributed by atoms with Crippen molar-refractivity contribution in [3.63, 3.8) is 0 Å². The highest BCUT2D eigenvalue weighted by Gasteiger charge is 2.53. The molecular weight excluding hydrogens is 362 g/mol. The van der Waals surface area contributed by atoms with Crippen LogP contribution in [-0.2, 0) is 19.2 Å². The van der Waals surface area contributed by atoms with Gasteiger partial charge in [0.05, 0.1) is 0 Å². The summed E-state index contributed by atoms with van der Waals surface area (Å²) < 4.78 is 0. The van der Waals surface area contributed by atoms with Crippen LogP contribution in [-0.4, -0.2) is 62.8 Å². The van der Waals surface area contributed by atoms with E-state index in [0.29, 0.717) is 5.75 Å². The number of nitrogens with one attached hydrogen (secondary N) is 1. The zero-order valence-electron chi connectivity index (χ0n) is 13.6. The van der Waals surface area contributed by atoms with Gasteiger partial charge < -0.3 is 21.0 Å². The number of rotatable bonds is 5. The number of carboxylic acids is 1. The van der Waals surface area contributed by atoms with Crippen LogP contribution in [0.3, 0.4) is 0 Å². The smallest absolute Gasteiger partial charge is 0.352 e. The number of nitrogen functional groups attached to an aromatic ring is 1. The van der Waals surface area contributed by atoms with Crippen molar-refractivity contribution in [3.8, 4) is 0 Å². The largest absolute Gasteiger partial charge is 0.477 e. The zero-order chi connectivity index (χ0) is 18.8. The molecule has 1 saturated heterocycles. The molecule has 3 rings (SSSR count). The fourth-order valence-corrected chi connectivity index (χ4v) is 3.82. The number of carboxylic acid groups (broad SMARTS) is 1. The van der Waals surface area contributed by atoms with E-state index in [1.807, 2.05) is 0 Å². The van der Waals surface area contributed by atoms with Gasteiger partial charge in [-0.15, -0.1) is 11.8 Å². The molecule has 0 bridgehead atoms. The van der Waals surface area contributed by atoms with Crippen LogP contribution < -0.4 is 11.1 Å². The van der Waals surface area contributed by atoms with Gasteiger partial charge in [-0.3, -0.25) is 14.5 Å². The molecule has 0 radical (unpaired) electrons. The van der Waals surface area contributed by atoms with Crippen LogP contribution >= 0.6 is 11.8 Å². The number of nitrogens with zero attached hydrogens (tertiary/aromatic N) is 3. The van der Waals surface area contributed by atoms with Crippen LogP contribution in [0.15, 0.2) is 35.1 Å². The standard InChI is InChI=1S/C15H15N5O5S/c1-25-19-10(7-3-2-4-9(16)17-7)12(21)18-11-13(22)20-8(15(23)24)5-6-26-14(11)20/h2-5,11,14H,6H2,1H3,(H2,16,17)(H,18,21)(H,23,24)/b19-10+. The van der Waals surface area contributed by atoms with E-state index in [2.05, 4.69) is 15.5 Å². The monoisotopic (exact) mass is 377 g/mol. The number of carbonyl (C=O) groups is 3. The number of hydrogen-bond donors (Lipinski definition) is 3. The second kappa shape index (κ2) is 7.04. The highest BCUT2D eigenvalue weighted by atomic mass is 32.2. The molecule has 0 aliphatic carbocycles. The number of oxime groups is 1. The summed E-state index contributed by atoms with van der Waals surface area (Å²) in [6, 6.07) is 3.83. The SMILES string of the molecule is CO/N=C(/C(=O)NC1C(=O)N2C(C(=O)O)=CCSC12)c1cccc(N)n1. The number of fused-ring (bicyclic) bond motifs is 1. The summed E-state index contributed by atoms with van der Waals surface area (Å²) in [5, 5.41) is 14.9. The van der Waals surface area contributed by atoms with Crippen LogP contribution in [0.1, 0.15) is 5.69 Å². The topological polar surface area (TPSA) is 147 Å². The van der Waals surface area contributed by atoms with Crippen molar-refractivity contribution in [1.82, 2.24) is 15.2 Å². The minimum atomic E-state index is -1.18. The summed E-state index contributed by atoms with van der Waals surface area (Å²) in [5.41, 5.74) is 5.60. The minimum Gasteiger partial charge on any atom is -0.477 e. The van der Waals surface area contributed by atoms with Crippen LogP contribution in [0.2, 0.25) is 0 Å². The Labute approximate surface area is 152 Å². The fourth-order valence-electron chi connectivity index (χ4n) is 2.63. The number of β-lactam (4-membered cyclic amide) rings is 1. The summed E-state index contributed by atoms with van der Waals surface area (Å²) in [5.74, 6) is -1.72. The van der Waals surface area contributed by atoms with E-state index < -0.39 is 29.2 Å². The Bertz CT molecular complexity index is 839. The molecule has 4 N–H and O–H groups in total. The molecule has 3 heterocycles. The first-order valence-corrected chi connectivity index (χ1v) is 8.52. The second-order valence-electron chi connectivity index (χ2n) is 5.35. The van der Waals surface area contributed by atoms with Gasteiger partial charge in [0.2, 0.25) is 0 Å². The molecule has 136 valence electrons. The lowest BCUT2D eigenvalue weighted by Crippen LogP contribution is -2.70. The van der Waals surface area contributed by atoms with Crippen molar-refractivity contribution >= 4 is 41.1 Å². The molecule has 0 aromatic carbocycles. The van der Waals surface area contributed by atoms with Crippen molar-refractivity contribution in [3.05, 3.63) is 35.7 Å². The van der Waals surface area contributed by atoms with Crippen molar-refractivity contribution in [2.75, 3.05) is 18.6 Å². The molecule has 2 unspecified atom stereocenters. The Morgan fingerprint density at radius 2 is 2.27 bits per heavy atom. The number of anilines is 1. The van der Waals surface area contributed by atoms with Gasteiger partial charge in [-0.1, -0.05) is 11.2 Å². The third kappa shape index (κ3) is 3.08. The third-order valence-corrected chi connectivity index (χ3v) is 4.95. The van der Waals surface area contributed by atoms with Gasteiger partial charge in [-0.05, 0) is 18.2 Å². The number of pyridine rings is 1. The maximum Gasteiger partial charge on any atom is 0.352 e. The molecule has 2 aliphatic rings. The van der Waals surface area contributed by atoms with Gasteiger partial charge in [-0.25, -0.2) is 9.78 Å². The summed E-state index contributed by atoms with van der Waals surface area (Å²) >= 11 is 1.36. The zero-order valence-corrected chi connectivity index (χ0v) is 14.4. The number of amides is 2. The lowest BCUT2D eigenvalue weighted by Gasteiger charge is -2.48. The molecule has 1 aromatic rings. The third-order valence-electron chi connectivity index (χ3n) is 3.76. The van der Waals surface area contributed by atoms with Crippen LogP contribution in [0, 0.1) is 0 Å². The summed E-state index contributed by atoms with van der Waals surface area (Å²) in [7, 11) is 1.27. The van der Waals surface area contributed by atoms with E-state index in [1.165, 1.54) is 31.0 Å². The summed E-state index contributed by atoms with van der Waals surface area (Å²) in [6.07, 6.45) is 1.47. The second-order valence-corrected chi connectivity index (χ2v) is 6.50. The van der Waals surface area contributed by atoms with E-state index in [4.69, 9.17) is 15.7 Å². The number of hydrogen-bond acceptors (Lipinski definition) is 8. The molecule has 10 nitrogen and oxygen atoms in total. The van der Waals surface area contributed by atoms with E-state index in [9.17, 15) is 14.4 Å². The number of aliphatic carboxylic acids is 1. The Balaban J connectivity index is 1.77. The summed E-state index contributed by atoms with van der Waals surface area (Å²) in [4.78, 5) is 46.0. The van der Waals surface area contributed by atoms with Gasteiger partial charge in [0.25, 0.3) is 11.8 Å². The molecule has 0 spiro atoms. The predicted octanol–water partition coefficient (Wildman–Crippen LogP) is -0.617. The van der Waals surface area contributed by atoms with Gasteiger partial charge in [0, 0.05) is 5.75 Å². The number of carbonyl (C=O) groups excluding carboxylic acids is 2. The lowest BCUT2D eigenvalue weighted by molar-refractivity contribution is -0.150. The molecule has 0 saturated carbocycles. The number of thioether (sulfide) groups is 1. The average molecular weight is 377 g/mol. The first kappa shape index (κ1) is 17.7. The van der Waals surface area contributed by atoms with Gasteiger partial charge in [0.1, 0.15) is 35.7 Å². The number of aromatic nitrogens is 1. The van der Waals surface area contributed by atoms with Crippen molar-refractivity contribution in [2.45, 2.75) is 11.4 Å². The van der Waals surface area contributed by atoms with Gasteiger partial charge in [-0.2, -0.15) is 0 Å². The molecule has 26 heavy (non-hydrogen) atoms. The minimum absolute atomic E-state index is 0.0764. The first-order valence-electron chi connectivity index (χ1n) is 7.47. The maximum absolute atomic E-state index is 12.6. The van der Waals surface area contributed by atoms with Gasteiger partial charge in [0.15, 0.2) is 5.71 Å². The normalized spacial score (nSPS) is 22.0. The van der Waals surface area contributed by atoms with E-state index in [0.717, 1.165) is 4.90 Å². The van der Waals surface area contributed by atoms with Crippen molar-refractivity contribution in [1.29, 1.82) is 0 Å². The maximum atomic E-state index is 12.6. The Hall–Kier alpha value is -3.08. The van der Waals surface area contributed by atoms with E-state index in [-0.39, 0.29) is 22.9 Å². The molecule has 2 atom stereocenters. The Morgan fingerprint density at radius 1 is 1.50 bits per heavy atom. The van der Waals surface area contributed by atoms with E-state index in [1.54, 1.807) is 12.1 Å². The first-order chi connectivity index (χ1) is 12.4. The lowest BCUT2D eigenvalue weighted by atomic mass is 10.0. The van der Waals surface area contributed by atoms with Crippen LogP contribution in [0.5, 0.6) is 0 Å². The van der Waals surface area contributed by atoms with Crippen LogP contribution in [0.25, 0.3) is 0 Å². The molecule has 1 aromatic heterocycles. The molecule has 1 fully saturated rings. The van der Waals surface area contributed by atoms with Crippen molar-refractivity contribution in [2.24, 2.45) is 5.16 Å². The Morgan fingerprint density at radius 3 is 2.92 bits per heavy atom. The molecule has 11 heteroatoms. The Kier molecular flexibility index (Phi) is 4.80.